The molecule has 3 heterocycles. The van der Waals surface area contributed by atoms with Crippen LogP contribution in [0, 0.1) is 0 Å². The number of benzene rings is 5. The maximum atomic E-state index is 6.37. The molecule has 3 aromatic heterocycles. The van der Waals surface area contributed by atoms with Crippen LogP contribution in [-0.2, 0) is 0 Å². The second kappa shape index (κ2) is 11.2. The van der Waals surface area contributed by atoms with Crippen molar-refractivity contribution in [3.05, 3.63) is 145 Å². The van der Waals surface area contributed by atoms with Crippen LogP contribution in [-0.4, -0.2) is 15.0 Å². The first kappa shape index (κ1) is 26.5. The monoisotopic (exact) mass is 581 g/mol. The minimum absolute atomic E-state index is 0.548. The molecule has 0 saturated heterocycles. The van der Waals surface area contributed by atoms with Gasteiger partial charge >= 0.3 is 0 Å². The van der Waals surface area contributed by atoms with E-state index in [2.05, 4.69) is 36.4 Å². The molecule has 5 aromatic carbocycles. The minimum atomic E-state index is 0.548. The zero-order valence-electron chi connectivity index (χ0n) is 24.5. The highest BCUT2D eigenvalue weighted by molar-refractivity contribution is 6.12. The summed E-state index contributed by atoms with van der Waals surface area (Å²) in [6, 6.07) is 36.5. The Morgan fingerprint density at radius 3 is 2.11 bits per heavy atom. The maximum absolute atomic E-state index is 6.37. The number of furan rings is 2. The Kier molecular flexibility index (Phi) is 6.61. The van der Waals surface area contributed by atoms with Crippen molar-refractivity contribution in [1.29, 1.82) is 0 Å². The molecular formula is C40H27N3O2. The molecule has 5 heteroatoms. The molecule has 0 atom stereocenters. The highest BCUT2D eigenvalue weighted by Crippen LogP contribution is 2.39. The molecule has 45 heavy (non-hydrogen) atoms. The third-order valence-electron chi connectivity index (χ3n) is 7.89. The van der Waals surface area contributed by atoms with E-state index in [1.165, 1.54) is 0 Å². The van der Waals surface area contributed by atoms with Crippen LogP contribution in [0.2, 0.25) is 0 Å². The van der Waals surface area contributed by atoms with Gasteiger partial charge in [-0.3, -0.25) is 0 Å². The second-order valence-corrected chi connectivity index (χ2v) is 10.8. The smallest absolute Gasteiger partial charge is 0.167 e. The van der Waals surface area contributed by atoms with E-state index in [1.807, 2.05) is 116 Å². The number of nitrogens with zero attached hydrogens (tertiary/aromatic N) is 3. The Hall–Kier alpha value is -6.07. The van der Waals surface area contributed by atoms with Gasteiger partial charge in [-0.25, -0.2) is 15.0 Å². The van der Waals surface area contributed by atoms with Crippen LogP contribution in [0.25, 0.3) is 84.1 Å². The molecule has 0 spiro atoms. The predicted molar refractivity (Wildman–Crippen MR) is 184 cm³/mol. The van der Waals surface area contributed by atoms with E-state index in [1.54, 1.807) is 0 Å². The number of hydrogen-bond donors (Lipinski definition) is 0. The number of allylic oxidation sites excluding steroid dienone is 5. The topological polar surface area (TPSA) is 65.0 Å². The maximum Gasteiger partial charge on any atom is 0.167 e. The van der Waals surface area contributed by atoms with Gasteiger partial charge in [-0.15, -0.1) is 0 Å². The van der Waals surface area contributed by atoms with Gasteiger partial charge in [0.25, 0.3) is 0 Å². The van der Waals surface area contributed by atoms with E-state index in [9.17, 15) is 0 Å². The minimum Gasteiger partial charge on any atom is -0.456 e. The highest BCUT2D eigenvalue weighted by Gasteiger charge is 2.20. The molecule has 214 valence electrons. The summed E-state index contributed by atoms with van der Waals surface area (Å²) in [6.45, 7) is 2.00. The average Bonchev–Trinajstić information content (AvgIpc) is 3.66. The number of rotatable bonds is 6. The summed E-state index contributed by atoms with van der Waals surface area (Å²) in [7, 11) is 0. The number of para-hydroxylation sites is 2. The van der Waals surface area contributed by atoms with Crippen LogP contribution in [0.3, 0.4) is 0 Å². The molecular weight excluding hydrogens is 554 g/mol. The third kappa shape index (κ3) is 4.81. The molecule has 0 amide bonds. The molecule has 0 bridgehead atoms. The quantitative estimate of drug-likeness (QED) is 0.183. The van der Waals surface area contributed by atoms with Gasteiger partial charge in [-0.2, -0.15) is 0 Å². The SMILES string of the molecule is C\C=C/C=C\C=C\c1ccc2c(c1)oc1cccc(-c3nc(-c4ccccc4)nc(-c4cccc5c4oc4ccccc45)n3)c12. The Morgan fingerprint density at radius 1 is 0.511 bits per heavy atom. The first-order valence-electron chi connectivity index (χ1n) is 14.9. The molecule has 0 aliphatic heterocycles. The van der Waals surface area contributed by atoms with Crippen molar-refractivity contribution < 1.29 is 8.83 Å². The van der Waals surface area contributed by atoms with Gasteiger partial charge in [0.05, 0.1) is 5.56 Å². The lowest BCUT2D eigenvalue weighted by molar-refractivity contribution is 0.668. The van der Waals surface area contributed by atoms with Crippen molar-refractivity contribution in [2.45, 2.75) is 6.92 Å². The van der Waals surface area contributed by atoms with E-state index in [0.717, 1.165) is 66.1 Å². The van der Waals surface area contributed by atoms with Gasteiger partial charge < -0.3 is 8.83 Å². The largest absolute Gasteiger partial charge is 0.456 e. The van der Waals surface area contributed by atoms with Crippen molar-refractivity contribution in [3.8, 4) is 34.2 Å². The lowest BCUT2D eigenvalue weighted by atomic mass is 10.0. The van der Waals surface area contributed by atoms with Crippen LogP contribution in [0.5, 0.6) is 0 Å². The fraction of sp³-hybridized carbons (Fsp3) is 0.0250. The van der Waals surface area contributed by atoms with E-state index in [-0.39, 0.29) is 0 Å². The van der Waals surface area contributed by atoms with E-state index < -0.39 is 0 Å². The summed E-state index contributed by atoms with van der Waals surface area (Å²) in [6.07, 6.45) is 12.1. The van der Waals surface area contributed by atoms with E-state index in [4.69, 9.17) is 23.8 Å². The molecule has 5 nitrogen and oxygen atoms in total. The summed E-state index contributed by atoms with van der Waals surface area (Å²) >= 11 is 0. The Morgan fingerprint density at radius 2 is 1.22 bits per heavy atom. The van der Waals surface area contributed by atoms with Gasteiger partial charge in [-0.1, -0.05) is 115 Å². The number of fused-ring (bicyclic) bond motifs is 6. The second-order valence-electron chi connectivity index (χ2n) is 10.8. The Balaban J connectivity index is 1.32. The number of aromatic nitrogens is 3. The predicted octanol–water partition coefficient (Wildman–Crippen LogP) is 10.8. The molecule has 0 N–H and O–H groups in total. The molecule has 0 unspecified atom stereocenters. The molecule has 8 rings (SSSR count). The normalized spacial score (nSPS) is 12.3. The molecule has 0 aliphatic carbocycles. The van der Waals surface area contributed by atoms with Crippen LogP contribution in [0.4, 0.5) is 0 Å². The fourth-order valence-electron chi connectivity index (χ4n) is 5.79. The first-order valence-corrected chi connectivity index (χ1v) is 14.9. The lowest BCUT2D eigenvalue weighted by Crippen LogP contribution is -2.00. The van der Waals surface area contributed by atoms with Crippen molar-refractivity contribution in [1.82, 2.24) is 15.0 Å². The van der Waals surface area contributed by atoms with E-state index in [0.29, 0.717) is 17.5 Å². The molecule has 8 aromatic rings. The highest BCUT2D eigenvalue weighted by atomic mass is 16.3. The van der Waals surface area contributed by atoms with E-state index >= 15 is 0 Å². The van der Waals surface area contributed by atoms with Crippen molar-refractivity contribution in [3.63, 3.8) is 0 Å². The van der Waals surface area contributed by atoms with Crippen LogP contribution >= 0.6 is 0 Å². The van der Waals surface area contributed by atoms with Crippen LogP contribution in [0.15, 0.2) is 148 Å². The molecule has 0 aliphatic rings. The Labute approximate surface area is 259 Å². The summed E-state index contributed by atoms with van der Waals surface area (Å²) in [4.78, 5) is 15.1. The summed E-state index contributed by atoms with van der Waals surface area (Å²) in [5.74, 6) is 1.71. The van der Waals surface area contributed by atoms with Gasteiger partial charge in [-0.05, 0) is 42.8 Å². The third-order valence-corrected chi connectivity index (χ3v) is 7.89. The van der Waals surface area contributed by atoms with Gasteiger partial charge in [0.2, 0.25) is 0 Å². The lowest BCUT2D eigenvalue weighted by Gasteiger charge is -2.09. The first-order chi connectivity index (χ1) is 22.3. The summed E-state index contributed by atoms with van der Waals surface area (Å²) in [5, 5.41) is 4.06. The molecule has 0 radical (unpaired) electrons. The molecule has 0 fully saturated rings. The molecule has 0 saturated carbocycles. The standard InChI is InChI=1S/C40H27N3O2/c1-2-3-4-5-7-14-26-23-24-30-35(25-26)44-34-22-13-19-31(36(30)34)39-41-38(27-15-8-6-9-16-27)42-40(43-39)32-20-12-18-29-28-17-10-11-21-33(28)45-37(29)32/h2-25H,1H3/b3-2-,5-4-,14-7+. The zero-order chi connectivity index (χ0) is 30.2. The van der Waals surface area contributed by atoms with Gasteiger partial charge in [0.15, 0.2) is 17.5 Å². The van der Waals surface area contributed by atoms with Crippen LogP contribution < -0.4 is 0 Å². The van der Waals surface area contributed by atoms with Crippen molar-refractivity contribution in [2.24, 2.45) is 0 Å². The average molecular weight is 582 g/mol. The Bertz CT molecular complexity index is 2450. The fourth-order valence-corrected chi connectivity index (χ4v) is 5.79. The van der Waals surface area contributed by atoms with Gasteiger partial charge in [0, 0.05) is 32.7 Å². The van der Waals surface area contributed by atoms with Gasteiger partial charge in [0.1, 0.15) is 22.3 Å². The zero-order valence-corrected chi connectivity index (χ0v) is 24.5. The number of hydrogen-bond acceptors (Lipinski definition) is 5. The summed E-state index contributed by atoms with van der Waals surface area (Å²) in [5.41, 5.74) is 6.82. The van der Waals surface area contributed by atoms with Crippen LogP contribution in [0.1, 0.15) is 12.5 Å². The summed E-state index contributed by atoms with van der Waals surface area (Å²) < 4.78 is 12.7. The van der Waals surface area contributed by atoms with Crippen molar-refractivity contribution in [2.75, 3.05) is 0 Å². The van der Waals surface area contributed by atoms with Crippen molar-refractivity contribution >= 4 is 50.0 Å².